The van der Waals surface area contributed by atoms with Crippen LogP contribution in [0.1, 0.15) is 20.8 Å². The number of hydrogen-bond acceptors (Lipinski definition) is 3. The molecule has 3 nitrogen and oxygen atoms in total. The second kappa shape index (κ2) is 4.60. The molecule has 0 radical (unpaired) electrons. The van der Waals surface area contributed by atoms with Crippen LogP contribution in [0.25, 0.3) is 0 Å². The molecule has 0 bridgehead atoms. The number of carbonyl (C=O) groups is 1. The third kappa shape index (κ3) is 5.29. The minimum Gasteiger partial charge on any atom is -0.444 e. The molecule has 0 spiro atoms. The van der Waals surface area contributed by atoms with Gasteiger partial charge in [0.2, 0.25) is 0 Å². The lowest BCUT2D eigenvalue weighted by molar-refractivity contribution is 0.0331. The third-order valence-electron chi connectivity index (χ3n) is 1.03. The largest absolute Gasteiger partial charge is 0.444 e. The summed E-state index contributed by atoms with van der Waals surface area (Å²) in [4.78, 5) is 12.8. The molecule has 4 heteroatoms. The van der Waals surface area contributed by atoms with Crippen molar-refractivity contribution < 1.29 is 9.53 Å². The van der Waals surface area contributed by atoms with Crippen molar-refractivity contribution in [1.82, 2.24) is 4.90 Å². The predicted octanol–water partition coefficient (Wildman–Crippen LogP) is 2.17. The number of thioether (sulfide) groups is 1. The van der Waals surface area contributed by atoms with Crippen LogP contribution in [0.2, 0.25) is 0 Å². The molecule has 0 unspecified atom stereocenters. The molecule has 0 N–H and O–H groups in total. The zero-order valence-corrected chi connectivity index (χ0v) is 9.20. The molecule has 0 aliphatic rings. The molecule has 0 aliphatic heterocycles. The van der Waals surface area contributed by atoms with E-state index in [1.54, 1.807) is 23.7 Å². The van der Waals surface area contributed by atoms with E-state index >= 15 is 0 Å². The van der Waals surface area contributed by atoms with Gasteiger partial charge in [-0.05, 0) is 27.0 Å². The first-order valence-corrected chi connectivity index (χ1v) is 5.19. The van der Waals surface area contributed by atoms with Crippen molar-refractivity contribution in [3.8, 4) is 0 Å². The molecular weight excluding hydrogens is 174 g/mol. The van der Waals surface area contributed by atoms with Gasteiger partial charge in [-0.3, -0.25) is 0 Å². The first-order valence-electron chi connectivity index (χ1n) is 3.80. The monoisotopic (exact) mass is 191 g/mol. The van der Waals surface area contributed by atoms with Crippen LogP contribution in [-0.4, -0.2) is 35.8 Å². The van der Waals surface area contributed by atoms with Crippen LogP contribution in [0.4, 0.5) is 4.79 Å². The van der Waals surface area contributed by atoms with E-state index in [1.165, 1.54) is 0 Å². The van der Waals surface area contributed by atoms with Gasteiger partial charge in [0.05, 0.1) is 5.88 Å². The second-order valence-corrected chi connectivity index (χ2v) is 4.43. The van der Waals surface area contributed by atoms with Gasteiger partial charge in [0.1, 0.15) is 5.60 Å². The standard InChI is InChI=1S/C8H17NO2S/c1-8(2,3)11-7(10)9(4)6-12-5/h6H2,1-5H3. The van der Waals surface area contributed by atoms with Crippen molar-refractivity contribution >= 4 is 17.9 Å². The minimum absolute atomic E-state index is 0.267. The van der Waals surface area contributed by atoms with Crippen LogP contribution >= 0.6 is 11.8 Å². The first kappa shape index (κ1) is 11.6. The van der Waals surface area contributed by atoms with Gasteiger partial charge >= 0.3 is 6.09 Å². The molecule has 0 aromatic rings. The number of carbonyl (C=O) groups excluding carboxylic acids is 1. The summed E-state index contributed by atoms with van der Waals surface area (Å²) in [6.45, 7) is 5.58. The first-order chi connectivity index (χ1) is 5.37. The molecule has 1 amide bonds. The van der Waals surface area contributed by atoms with Gasteiger partial charge in [0, 0.05) is 7.05 Å². The smallest absolute Gasteiger partial charge is 0.410 e. The molecule has 12 heavy (non-hydrogen) atoms. The van der Waals surface area contributed by atoms with Crippen molar-refractivity contribution in [2.75, 3.05) is 19.2 Å². The fourth-order valence-electron chi connectivity index (χ4n) is 0.586. The highest BCUT2D eigenvalue weighted by atomic mass is 32.2. The van der Waals surface area contributed by atoms with Gasteiger partial charge < -0.3 is 9.64 Å². The average Bonchev–Trinajstić information content (AvgIpc) is 1.84. The summed E-state index contributed by atoms with van der Waals surface area (Å²) >= 11 is 1.59. The number of ether oxygens (including phenoxy) is 1. The van der Waals surface area contributed by atoms with Crippen LogP contribution in [0.3, 0.4) is 0 Å². The fraction of sp³-hybridized carbons (Fsp3) is 0.875. The molecule has 0 rings (SSSR count). The summed E-state index contributed by atoms with van der Waals surface area (Å²) in [7, 11) is 1.73. The summed E-state index contributed by atoms with van der Waals surface area (Å²) < 4.78 is 5.13. The number of rotatable bonds is 2. The Balaban J connectivity index is 3.87. The Labute approximate surface area is 78.5 Å². The fourth-order valence-corrected chi connectivity index (χ4v) is 1.08. The lowest BCUT2D eigenvalue weighted by Gasteiger charge is -2.23. The Morgan fingerprint density at radius 3 is 2.33 bits per heavy atom. The summed E-state index contributed by atoms with van der Waals surface area (Å²) in [5.74, 6) is 0.662. The molecule has 0 saturated carbocycles. The second-order valence-electron chi connectivity index (χ2n) is 3.60. The zero-order chi connectivity index (χ0) is 9.78. The Morgan fingerprint density at radius 2 is 2.00 bits per heavy atom. The van der Waals surface area contributed by atoms with Crippen LogP contribution in [0.5, 0.6) is 0 Å². The number of nitrogens with zero attached hydrogens (tertiary/aromatic N) is 1. The normalized spacial score (nSPS) is 11.1. The third-order valence-corrected chi connectivity index (χ3v) is 1.67. The Morgan fingerprint density at radius 1 is 1.50 bits per heavy atom. The van der Waals surface area contributed by atoms with E-state index in [2.05, 4.69) is 0 Å². The van der Waals surface area contributed by atoms with Gasteiger partial charge in [0.15, 0.2) is 0 Å². The Bertz CT molecular complexity index is 154. The maximum Gasteiger partial charge on any atom is 0.410 e. The maximum absolute atomic E-state index is 11.2. The molecular formula is C8H17NO2S. The molecule has 0 heterocycles. The summed E-state index contributed by atoms with van der Waals surface area (Å²) in [6, 6.07) is 0. The van der Waals surface area contributed by atoms with Gasteiger partial charge in [-0.1, -0.05) is 0 Å². The Hall–Kier alpha value is -0.380. The molecule has 0 atom stereocenters. The summed E-state index contributed by atoms with van der Waals surface area (Å²) in [6.07, 6.45) is 1.68. The van der Waals surface area contributed by atoms with Crippen LogP contribution in [0.15, 0.2) is 0 Å². The Kier molecular flexibility index (Phi) is 4.45. The highest BCUT2D eigenvalue weighted by molar-refractivity contribution is 7.98. The molecule has 0 saturated heterocycles. The van der Waals surface area contributed by atoms with Crippen LogP contribution in [-0.2, 0) is 4.74 Å². The lowest BCUT2D eigenvalue weighted by Crippen LogP contribution is -2.33. The lowest BCUT2D eigenvalue weighted by atomic mass is 10.2. The average molecular weight is 191 g/mol. The van der Waals surface area contributed by atoms with E-state index < -0.39 is 5.60 Å². The summed E-state index contributed by atoms with van der Waals surface area (Å²) in [5.41, 5.74) is -0.399. The predicted molar refractivity (Wildman–Crippen MR) is 52.4 cm³/mol. The molecule has 0 aromatic heterocycles. The minimum atomic E-state index is -0.399. The van der Waals surface area contributed by atoms with Crippen LogP contribution in [0, 0.1) is 0 Å². The van der Waals surface area contributed by atoms with Crippen molar-refractivity contribution in [3.63, 3.8) is 0 Å². The van der Waals surface area contributed by atoms with Gasteiger partial charge in [0.25, 0.3) is 0 Å². The van der Waals surface area contributed by atoms with Crippen molar-refractivity contribution in [3.05, 3.63) is 0 Å². The number of amides is 1. The van der Waals surface area contributed by atoms with E-state index in [0.717, 1.165) is 0 Å². The van der Waals surface area contributed by atoms with Gasteiger partial charge in [-0.2, -0.15) is 0 Å². The van der Waals surface area contributed by atoms with E-state index in [-0.39, 0.29) is 6.09 Å². The van der Waals surface area contributed by atoms with Crippen LogP contribution < -0.4 is 0 Å². The van der Waals surface area contributed by atoms with Crippen molar-refractivity contribution in [1.29, 1.82) is 0 Å². The van der Waals surface area contributed by atoms with Crippen molar-refractivity contribution in [2.45, 2.75) is 26.4 Å². The quantitative estimate of drug-likeness (QED) is 0.626. The van der Waals surface area contributed by atoms with Gasteiger partial charge in [-0.15, -0.1) is 11.8 Å². The van der Waals surface area contributed by atoms with Crippen molar-refractivity contribution in [2.24, 2.45) is 0 Å². The number of hydrogen-bond donors (Lipinski definition) is 0. The summed E-state index contributed by atoms with van der Waals surface area (Å²) in [5, 5.41) is 0. The maximum atomic E-state index is 11.2. The molecule has 0 fully saturated rings. The van der Waals surface area contributed by atoms with E-state index in [1.807, 2.05) is 27.0 Å². The van der Waals surface area contributed by atoms with E-state index in [9.17, 15) is 4.79 Å². The van der Waals surface area contributed by atoms with E-state index in [0.29, 0.717) is 5.88 Å². The zero-order valence-electron chi connectivity index (χ0n) is 8.38. The highest BCUT2D eigenvalue weighted by Gasteiger charge is 2.18. The molecule has 72 valence electrons. The highest BCUT2D eigenvalue weighted by Crippen LogP contribution is 2.09. The molecule has 0 aliphatic carbocycles. The van der Waals surface area contributed by atoms with Gasteiger partial charge in [-0.25, -0.2) is 4.79 Å². The topological polar surface area (TPSA) is 29.5 Å². The van der Waals surface area contributed by atoms with E-state index in [4.69, 9.17) is 4.74 Å². The molecule has 0 aromatic carbocycles. The SMILES string of the molecule is CSCN(C)C(=O)OC(C)(C)C.